The van der Waals surface area contributed by atoms with Gasteiger partial charge in [-0.05, 0) is 43.5 Å². The summed E-state index contributed by atoms with van der Waals surface area (Å²) in [4.78, 5) is 12.4. The summed E-state index contributed by atoms with van der Waals surface area (Å²) >= 11 is 12.4. The molecule has 3 heterocycles. The van der Waals surface area contributed by atoms with Crippen molar-refractivity contribution in [3.05, 3.63) is 46.2 Å². The third-order valence-corrected chi connectivity index (χ3v) is 4.76. The Balaban J connectivity index is 0.000000253. The molecule has 3 N–H and O–H groups in total. The van der Waals surface area contributed by atoms with E-state index in [-0.39, 0.29) is 12.1 Å². The standard InChI is InChI=1S/C14H10Cl2N4.C5H10O2/c1-7-4-8(13-11(16)6-19-14(17)20-13)5-9-10(15)2-3-18-12(7)9;6-5-2-1-3-7-4-5/h2-6H,1H3,(H2,17,19,20);5-6H,1-4H2. The number of ether oxygens (including phenoxy) is 1. The zero-order valence-corrected chi connectivity index (χ0v) is 16.3. The second-order valence-corrected chi connectivity index (χ2v) is 7.09. The molecule has 0 saturated carbocycles. The Morgan fingerprint density at radius 1 is 1.22 bits per heavy atom. The Kier molecular flexibility index (Phi) is 6.44. The van der Waals surface area contributed by atoms with Crippen LogP contribution in [0.1, 0.15) is 18.4 Å². The Bertz CT molecular complexity index is 946. The molecule has 1 atom stereocenters. The monoisotopic (exact) mass is 406 g/mol. The maximum absolute atomic E-state index is 8.78. The third-order valence-electron chi connectivity index (χ3n) is 4.15. The van der Waals surface area contributed by atoms with Gasteiger partial charge in [-0.15, -0.1) is 0 Å². The molecule has 1 fully saturated rings. The SMILES string of the molecule is Cc1cc(-c2nc(N)ncc2Cl)cc2c(Cl)ccnc12.OC1CCCOC1. The second kappa shape index (κ2) is 8.80. The first kappa shape index (κ1) is 19.8. The lowest BCUT2D eigenvalue weighted by molar-refractivity contribution is -0.00535. The molecule has 0 amide bonds. The lowest BCUT2D eigenvalue weighted by atomic mass is 10.0. The number of hydrogen-bond acceptors (Lipinski definition) is 6. The van der Waals surface area contributed by atoms with E-state index in [1.165, 1.54) is 6.20 Å². The highest BCUT2D eigenvalue weighted by molar-refractivity contribution is 6.35. The van der Waals surface area contributed by atoms with Crippen molar-refractivity contribution >= 4 is 40.1 Å². The number of rotatable bonds is 1. The highest BCUT2D eigenvalue weighted by Crippen LogP contribution is 2.32. The van der Waals surface area contributed by atoms with Crippen molar-refractivity contribution in [3.63, 3.8) is 0 Å². The number of aromatic nitrogens is 3. The van der Waals surface area contributed by atoms with E-state index >= 15 is 0 Å². The summed E-state index contributed by atoms with van der Waals surface area (Å²) in [5.74, 6) is 0.180. The van der Waals surface area contributed by atoms with Crippen molar-refractivity contribution in [2.24, 2.45) is 0 Å². The summed E-state index contributed by atoms with van der Waals surface area (Å²) in [6.45, 7) is 3.34. The van der Waals surface area contributed by atoms with Gasteiger partial charge < -0.3 is 15.6 Å². The van der Waals surface area contributed by atoms with Crippen LogP contribution in [0, 0.1) is 6.92 Å². The van der Waals surface area contributed by atoms with E-state index < -0.39 is 0 Å². The van der Waals surface area contributed by atoms with E-state index in [1.54, 1.807) is 12.3 Å². The number of hydrogen-bond donors (Lipinski definition) is 2. The molecule has 1 saturated heterocycles. The smallest absolute Gasteiger partial charge is 0.220 e. The van der Waals surface area contributed by atoms with Gasteiger partial charge in [-0.1, -0.05) is 23.2 Å². The summed E-state index contributed by atoms with van der Waals surface area (Å²) in [5.41, 5.74) is 8.90. The van der Waals surface area contributed by atoms with Gasteiger partial charge in [-0.25, -0.2) is 9.97 Å². The van der Waals surface area contributed by atoms with E-state index in [0.717, 1.165) is 41.5 Å². The van der Waals surface area contributed by atoms with Crippen molar-refractivity contribution in [2.75, 3.05) is 18.9 Å². The molecule has 1 unspecified atom stereocenters. The fourth-order valence-corrected chi connectivity index (χ4v) is 3.24. The van der Waals surface area contributed by atoms with Gasteiger partial charge in [0.15, 0.2) is 0 Å². The number of nitrogens with zero attached hydrogens (tertiary/aromatic N) is 3. The summed E-state index contributed by atoms with van der Waals surface area (Å²) in [6.07, 6.45) is 4.92. The molecule has 4 rings (SSSR count). The van der Waals surface area contributed by atoms with Crippen molar-refractivity contribution in [1.29, 1.82) is 0 Å². The molecule has 0 aliphatic carbocycles. The lowest BCUT2D eigenvalue weighted by Gasteiger charge is -2.15. The minimum atomic E-state index is -0.186. The van der Waals surface area contributed by atoms with E-state index in [1.807, 2.05) is 19.1 Å². The number of aliphatic hydroxyl groups excluding tert-OH is 1. The van der Waals surface area contributed by atoms with Crippen LogP contribution in [-0.2, 0) is 4.74 Å². The maximum Gasteiger partial charge on any atom is 0.220 e. The van der Waals surface area contributed by atoms with Crippen LogP contribution < -0.4 is 5.73 Å². The molecule has 6 nitrogen and oxygen atoms in total. The maximum atomic E-state index is 8.78. The Hall–Kier alpha value is -1.99. The van der Waals surface area contributed by atoms with Crippen molar-refractivity contribution in [2.45, 2.75) is 25.9 Å². The highest BCUT2D eigenvalue weighted by Gasteiger charge is 2.11. The summed E-state index contributed by atoms with van der Waals surface area (Å²) in [6, 6.07) is 5.62. The average Bonchev–Trinajstić information content (AvgIpc) is 2.66. The zero-order chi connectivity index (χ0) is 19.4. The Labute approximate surface area is 167 Å². The number of nitrogens with two attached hydrogens (primary N) is 1. The first-order valence-corrected chi connectivity index (χ1v) is 9.30. The number of pyridine rings is 1. The largest absolute Gasteiger partial charge is 0.391 e. The number of nitrogen functional groups attached to an aromatic ring is 1. The molecule has 0 bridgehead atoms. The average molecular weight is 407 g/mol. The van der Waals surface area contributed by atoms with Gasteiger partial charge in [0.05, 0.1) is 40.2 Å². The molecule has 1 aliphatic rings. The van der Waals surface area contributed by atoms with Gasteiger partial charge in [0, 0.05) is 23.8 Å². The van der Waals surface area contributed by atoms with Crippen LogP contribution in [-0.4, -0.2) is 39.4 Å². The molecule has 1 aromatic carbocycles. The molecule has 8 heteroatoms. The van der Waals surface area contributed by atoms with Crippen molar-refractivity contribution < 1.29 is 9.84 Å². The first-order chi connectivity index (χ1) is 13.0. The summed E-state index contributed by atoms with van der Waals surface area (Å²) < 4.78 is 4.93. The van der Waals surface area contributed by atoms with Crippen LogP contribution in [0.25, 0.3) is 22.2 Å². The number of aliphatic hydroxyl groups is 1. The van der Waals surface area contributed by atoms with Crippen LogP contribution in [0.2, 0.25) is 10.0 Å². The minimum absolute atomic E-state index is 0.180. The zero-order valence-electron chi connectivity index (χ0n) is 14.8. The predicted molar refractivity (Wildman–Crippen MR) is 108 cm³/mol. The molecule has 0 spiro atoms. The molecule has 27 heavy (non-hydrogen) atoms. The van der Waals surface area contributed by atoms with Crippen LogP contribution >= 0.6 is 23.2 Å². The fraction of sp³-hybridized carbons (Fsp3) is 0.316. The molecule has 3 aromatic rings. The van der Waals surface area contributed by atoms with Gasteiger partial charge in [-0.3, -0.25) is 4.98 Å². The van der Waals surface area contributed by atoms with Crippen LogP contribution in [0.3, 0.4) is 0 Å². The topological polar surface area (TPSA) is 94.2 Å². The van der Waals surface area contributed by atoms with Crippen molar-refractivity contribution in [1.82, 2.24) is 15.0 Å². The summed E-state index contributed by atoms with van der Waals surface area (Å²) in [5, 5.41) is 10.7. The number of anilines is 1. The fourth-order valence-electron chi connectivity index (χ4n) is 2.84. The molecule has 1 aliphatic heterocycles. The van der Waals surface area contributed by atoms with Crippen LogP contribution in [0.4, 0.5) is 5.95 Å². The van der Waals surface area contributed by atoms with Crippen LogP contribution in [0.5, 0.6) is 0 Å². The second-order valence-electron chi connectivity index (χ2n) is 6.28. The Morgan fingerprint density at radius 3 is 2.70 bits per heavy atom. The van der Waals surface area contributed by atoms with Gasteiger partial charge in [0.1, 0.15) is 0 Å². The molecule has 0 radical (unpaired) electrons. The number of fused-ring (bicyclic) bond motifs is 1. The number of aryl methyl sites for hydroxylation is 1. The molecule has 2 aromatic heterocycles. The predicted octanol–water partition coefficient (Wildman–Crippen LogP) is 4.05. The van der Waals surface area contributed by atoms with Gasteiger partial charge in [-0.2, -0.15) is 0 Å². The molecular weight excluding hydrogens is 387 g/mol. The van der Waals surface area contributed by atoms with E-state index in [2.05, 4.69) is 15.0 Å². The third kappa shape index (κ3) is 4.84. The van der Waals surface area contributed by atoms with E-state index in [0.29, 0.717) is 22.3 Å². The number of halogens is 2. The van der Waals surface area contributed by atoms with Gasteiger partial charge in [0.25, 0.3) is 0 Å². The Morgan fingerprint density at radius 2 is 2.04 bits per heavy atom. The number of benzene rings is 1. The van der Waals surface area contributed by atoms with Crippen molar-refractivity contribution in [3.8, 4) is 11.3 Å². The normalized spacial score (nSPS) is 16.7. The molecular formula is C19H20Cl2N4O2. The minimum Gasteiger partial charge on any atom is -0.391 e. The van der Waals surface area contributed by atoms with E-state index in [9.17, 15) is 0 Å². The van der Waals surface area contributed by atoms with Gasteiger partial charge in [0.2, 0.25) is 5.95 Å². The molecule has 142 valence electrons. The lowest BCUT2D eigenvalue weighted by Crippen LogP contribution is -2.21. The summed E-state index contributed by atoms with van der Waals surface area (Å²) in [7, 11) is 0. The van der Waals surface area contributed by atoms with E-state index in [4.69, 9.17) is 38.8 Å². The van der Waals surface area contributed by atoms with Crippen LogP contribution in [0.15, 0.2) is 30.6 Å². The highest BCUT2D eigenvalue weighted by atomic mass is 35.5. The van der Waals surface area contributed by atoms with Gasteiger partial charge >= 0.3 is 0 Å². The first-order valence-electron chi connectivity index (χ1n) is 8.54. The quantitative estimate of drug-likeness (QED) is 0.632.